The quantitative estimate of drug-likeness (QED) is 0.538. The van der Waals surface area contributed by atoms with Crippen LogP contribution >= 0.6 is 11.8 Å². The number of aryl methyl sites for hydroxylation is 2. The van der Waals surface area contributed by atoms with Crippen molar-refractivity contribution < 1.29 is 9.59 Å². The lowest BCUT2D eigenvalue weighted by Crippen LogP contribution is -2.50. The molecule has 1 aliphatic rings. The summed E-state index contributed by atoms with van der Waals surface area (Å²) in [6, 6.07) is 7.78. The Hall–Kier alpha value is -2.41. The van der Waals surface area contributed by atoms with Crippen molar-refractivity contribution in [2.45, 2.75) is 45.1 Å². The molecule has 1 aliphatic heterocycles. The first-order valence-electron chi connectivity index (χ1n) is 10.5. The zero-order chi connectivity index (χ0) is 21.8. The number of piperazine rings is 1. The molecular weight excluding hydrogens is 396 g/mol. The highest BCUT2D eigenvalue weighted by molar-refractivity contribution is 7.98. The first-order valence-corrected chi connectivity index (χ1v) is 11.7. The smallest absolute Gasteiger partial charge is 0.258 e. The highest BCUT2D eigenvalue weighted by Crippen LogP contribution is 2.25. The van der Waals surface area contributed by atoms with Crippen LogP contribution in [0.25, 0.3) is 0 Å². The van der Waals surface area contributed by atoms with Crippen molar-refractivity contribution >= 4 is 23.6 Å². The third-order valence-corrected chi connectivity index (χ3v) is 6.14. The fraction of sp³-hybridized carbons (Fsp3) is 0.478. The van der Waals surface area contributed by atoms with Gasteiger partial charge < -0.3 is 9.80 Å². The highest BCUT2D eigenvalue weighted by Gasteiger charge is 2.29. The van der Waals surface area contributed by atoms with Crippen molar-refractivity contribution in [1.82, 2.24) is 19.8 Å². The normalized spacial score (nSPS) is 14.3. The SMILES string of the molecule is CCc1ccc(C(=O)N2CCN(C(=O)c3c(C)nc(C(C)C)nc3SC)CC2)cc1. The minimum Gasteiger partial charge on any atom is -0.335 e. The van der Waals surface area contributed by atoms with Crippen LogP contribution < -0.4 is 0 Å². The van der Waals surface area contributed by atoms with Gasteiger partial charge in [0.15, 0.2) is 0 Å². The molecule has 6 nitrogen and oxygen atoms in total. The minimum absolute atomic E-state index is 0.0235. The van der Waals surface area contributed by atoms with Gasteiger partial charge in [-0.3, -0.25) is 9.59 Å². The third kappa shape index (κ3) is 4.67. The van der Waals surface area contributed by atoms with Gasteiger partial charge in [-0.15, -0.1) is 11.8 Å². The van der Waals surface area contributed by atoms with Gasteiger partial charge in [-0.2, -0.15) is 0 Å². The second kappa shape index (κ2) is 9.60. The van der Waals surface area contributed by atoms with Gasteiger partial charge in [-0.1, -0.05) is 32.9 Å². The number of amides is 2. The zero-order valence-corrected chi connectivity index (χ0v) is 19.3. The molecular formula is C23H30N4O2S. The van der Waals surface area contributed by atoms with Crippen molar-refractivity contribution in [3.8, 4) is 0 Å². The van der Waals surface area contributed by atoms with Crippen LogP contribution in [0.15, 0.2) is 29.3 Å². The molecule has 7 heteroatoms. The van der Waals surface area contributed by atoms with Gasteiger partial charge in [0.1, 0.15) is 10.9 Å². The van der Waals surface area contributed by atoms with E-state index >= 15 is 0 Å². The van der Waals surface area contributed by atoms with E-state index in [1.54, 1.807) is 0 Å². The van der Waals surface area contributed by atoms with E-state index < -0.39 is 0 Å². The van der Waals surface area contributed by atoms with Crippen LogP contribution in [0.1, 0.15) is 64.5 Å². The van der Waals surface area contributed by atoms with E-state index in [9.17, 15) is 9.59 Å². The standard InChI is InChI=1S/C23H30N4O2S/c1-6-17-7-9-18(10-8-17)22(28)26-11-13-27(14-12-26)23(29)19-16(4)24-20(15(2)3)25-21(19)30-5/h7-10,15H,6,11-14H2,1-5H3. The molecule has 0 spiro atoms. The maximum atomic E-state index is 13.2. The topological polar surface area (TPSA) is 66.4 Å². The van der Waals surface area contributed by atoms with E-state index in [0.717, 1.165) is 23.0 Å². The summed E-state index contributed by atoms with van der Waals surface area (Å²) in [6.45, 7) is 10.1. The predicted octanol–water partition coefficient (Wildman–Crippen LogP) is 3.79. The summed E-state index contributed by atoms with van der Waals surface area (Å²) in [6.07, 6.45) is 2.89. The lowest BCUT2D eigenvalue weighted by atomic mass is 10.1. The number of aromatic nitrogens is 2. The zero-order valence-electron chi connectivity index (χ0n) is 18.4. The molecule has 0 saturated carbocycles. The molecule has 0 aliphatic carbocycles. The molecule has 0 atom stereocenters. The summed E-state index contributed by atoms with van der Waals surface area (Å²) in [5.74, 6) is 0.944. The summed E-state index contributed by atoms with van der Waals surface area (Å²) in [4.78, 5) is 38.8. The minimum atomic E-state index is -0.0495. The average Bonchev–Trinajstić information content (AvgIpc) is 2.77. The maximum absolute atomic E-state index is 13.2. The monoisotopic (exact) mass is 426 g/mol. The number of nitrogens with zero attached hydrogens (tertiary/aromatic N) is 4. The number of carbonyl (C=O) groups excluding carboxylic acids is 2. The van der Waals surface area contributed by atoms with Crippen molar-refractivity contribution in [3.05, 3.63) is 52.5 Å². The molecule has 1 fully saturated rings. The van der Waals surface area contributed by atoms with Crippen LogP contribution in [0.4, 0.5) is 0 Å². The number of hydrogen-bond acceptors (Lipinski definition) is 5. The Labute approximate surface area is 183 Å². The van der Waals surface area contributed by atoms with Crippen LogP contribution in [0.2, 0.25) is 0 Å². The molecule has 3 rings (SSSR count). The molecule has 0 unspecified atom stereocenters. The molecule has 0 radical (unpaired) electrons. The van der Waals surface area contributed by atoms with Crippen LogP contribution in [0.3, 0.4) is 0 Å². The van der Waals surface area contributed by atoms with Gasteiger partial charge in [0, 0.05) is 37.7 Å². The second-order valence-electron chi connectivity index (χ2n) is 7.84. The number of thioether (sulfide) groups is 1. The van der Waals surface area contributed by atoms with Crippen LogP contribution in [-0.4, -0.2) is 64.0 Å². The lowest BCUT2D eigenvalue weighted by molar-refractivity contribution is 0.0532. The van der Waals surface area contributed by atoms with Gasteiger partial charge in [0.2, 0.25) is 0 Å². The Kier molecular flexibility index (Phi) is 7.13. The van der Waals surface area contributed by atoms with E-state index in [0.29, 0.717) is 37.3 Å². The van der Waals surface area contributed by atoms with Crippen LogP contribution in [-0.2, 0) is 6.42 Å². The molecule has 30 heavy (non-hydrogen) atoms. The molecule has 2 amide bonds. The van der Waals surface area contributed by atoms with Crippen molar-refractivity contribution in [1.29, 1.82) is 0 Å². The Bertz CT molecular complexity index is 920. The molecule has 1 aromatic carbocycles. The first kappa shape index (κ1) is 22.3. The summed E-state index contributed by atoms with van der Waals surface area (Å²) in [5, 5.41) is 0.728. The Morgan fingerprint density at radius 1 is 1.00 bits per heavy atom. The van der Waals surface area contributed by atoms with E-state index in [-0.39, 0.29) is 17.7 Å². The largest absolute Gasteiger partial charge is 0.335 e. The van der Waals surface area contributed by atoms with E-state index in [1.807, 2.05) is 61.1 Å². The Morgan fingerprint density at radius 2 is 1.57 bits per heavy atom. The Balaban J connectivity index is 1.70. The molecule has 0 N–H and O–H groups in total. The number of rotatable bonds is 5. The van der Waals surface area contributed by atoms with Crippen molar-refractivity contribution in [2.75, 3.05) is 32.4 Å². The number of hydrogen-bond donors (Lipinski definition) is 0. The van der Waals surface area contributed by atoms with E-state index in [1.165, 1.54) is 17.3 Å². The van der Waals surface area contributed by atoms with Crippen LogP contribution in [0, 0.1) is 6.92 Å². The third-order valence-electron chi connectivity index (χ3n) is 5.46. The molecule has 2 aromatic rings. The highest BCUT2D eigenvalue weighted by atomic mass is 32.2. The molecule has 1 aromatic heterocycles. The average molecular weight is 427 g/mol. The maximum Gasteiger partial charge on any atom is 0.258 e. The predicted molar refractivity (Wildman–Crippen MR) is 120 cm³/mol. The van der Waals surface area contributed by atoms with Crippen molar-refractivity contribution in [3.63, 3.8) is 0 Å². The molecule has 1 saturated heterocycles. The Morgan fingerprint density at radius 3 is 2.07 bits per heavy atom. The van der Waals surface area contributed by atoms with Crippen LogP contribution in [0.5, 0.6) is 0 Å². The summed E-state index contributed by atoms with van der Waals surface area (Å²) >= 11 is 1.48. The van der Waals surface area contributed by atoms with E-state index in [2.05, 4.69) is 16.9 Å². The molecule has 0 bridgehead atoms. The van der Waals surface area contributed by atoms with Gasteiger partial charge in [-0.25, -0.2) is 9.97 Å². The molecule has 2 heterocycles. The first-order chi connectivity index (χ1) is 14.3. The number of carbonyl (C=O) groups is 2. The summed E-state index contributed by atoms with van der Waals surface area (Å²) in [5.41, 5.74) is 3.22. The van der Waals surface area contributed by atoms with Crippen molar-refractivity contribution in [2.24, 2.45) is 0 Å². The van der Waals surface area contributed by atoms with Gasteiger partial charge >= 0.3 is 0 Å². The van der Waals surface area contributed by atoms with Gasteiger partial charge in [0.05, 0.1) is 11.3 Å². The van der Waals surface area contributed by atoms with Gasteiger partial charge in [0.25, 0.3) is 11.8 Å². The van der Waals surface area contributed by atoms with Gasteiger partial charge in [-0.05, 0) is 37.3 Å². The lowest BCUT2D eigenvalue weighted by Gasteiger charge is -2.35. The second-order valence-corrected chi connectivity index (χ2v) is 8.64. The summed E-state index contributed by atoms with van der Waals surface area (Å²) < 4.78 is 0. The fourth-order valence-corrected chi connectivity index (χ4v) is 4.18. The summed E-state index contributed by atoms with van der Waals surface area (Å²) in [7, 11) is 0. The fourth-order valence-electron chi connectivity index (χ4n) is 3.56. The molecule has 160 valence electrons. The van der Waals surface area contributed by atoms with E-state index in [4.69, 9.17) is 0 Å². The number of benzene rings is 1.